The molecule has 0 aliphatic carbocycles. The number of hydrogen-bond acceptors (Lipinski definition) is 6. The lowest BCUT2D eigenvalue weighted by molar-refractivity contribution is 0.0208. The highest BCUT2D eigenvalue weighted by atomic mass is 16.5. The van der Waals surface area contributed by atoms with E-state index in [0.717, 1.165) is 26.2 Å². The Kier molecular flexibility index (Phi) is 4.47. The zero-order valence-electron chi connectivity index (χ0n) is 10.5. The van der Waals surface area contributed by atoms with E-state index in [1.807, 2.05) is 0 Å². The van der Waals surface area contributed by atoms with Crippen LogP contribution >= 0.6 is 0 Å². The van der Waals surface area contributed by atoms with Crippen LogP contribution in [0.15, 0.2) is 4.52 Å². The van der Waals surface area contributed by atoms with E-state index < -0.39 is 0 Å². The number of nitrogens with one attached hydrogen (secondary N) is 1. The van der Waals surface area contributed by atoms with Crippen molar-refractivity contribution in [2.45, 2.75) is 26.5 Å². The highest BCUT2D eigenvalue weighted by Gasteiger charge is 2.21. The zero-order chi connectivity index (χ0) is 12.1. The predicted octanol–water partition coefficient (Wildman–Crippen LogP) is 0.572. The van der Waals surface area contributed by atoms with Gasteiger partial charge in [0.1, 0.15) is 6.10 Å². The molecule has 1 atom stereocenters. The SMILES string of the molecule is CCN(CC)Cc1nc(C2CNCCO2)no1. The van der Waals surface area contributed by atoms with E-state index in [1.54, 1.807) is 0 Å². The summed E-state index contributed by atoms with van der Waals surface area (Å²) < 4.78 is 10.8. The van der Waals surface area contributed by atoms with E-state index in [0.29, 0.717) is 24.9 Å². The fraction of sp³-hybridized carbons (Fsp3) is 0.818. The second-order valence-corrected chi connectivity index (χ2v) is 4.07. The molecule has 1 saturated heterocycles. The average Bonchev–Trinajstić information content (AvgIpc) is 2.85. The molecule has 1 aliphatic rings. The number of hydrogen-bond donors (Lipinski definition) is 1. The molecule has 17 heavy (non-hydrogen) atoms. The molecule has 0 saturated carbocycles. The van der Waals surface area contributed by atoms with Gasteiger partial charge in [-0.3, -0.25) is 4.90 Å². The molecule has 1 unspecified atom stereocenters. The van der Waals surface area contributed by atoms with Gasteiger partial charge in [0.25, 0.3) is 0 Å². The Hall–Kier alpha value is -0.980. The lowest BCUT2D eigenvalue weighted by Crippen LogP contribution is -2.33. The topological polar surface area (TPSA) is 63.4 Å². The summed E-state index contributed by atoms with van der Waals surface area (Å²) in [4.78, 5) is 6.62. The minimum Gasteiger partial charge on any atom is -0.367 e. The fourth-order valence-electron chi connectivity index (χ4n) is 1.83. The van der Waals surface area contributed by atoms with Crippen LogP contribution in [0.1, 0.15) is 31.7 Å². The van der Waals surface area contributed by atoms with E-state index in [4.69, 9.17) is 9.26 Å². The van der Waals surface area contributed by atoms with Gasteiger partial charge in [-0.2, -0.15) is 4.98 Å². The second kappa shape index (κ2) is 6.09. The Morgan fingerprint density at radius 2 is 2.24 bits per heavy atom. The second-order valence-electron chi connectivity index (χ2n) is 4.07. The van der Waals surface area contributed by atoms with Gasteiger partial charge in [-0.1, -0.05) is 19.0 Å². The molecule has 2 heterocycles. The molecule has 0 radical (unpaired) electrons. The minimum absolute atomic E-state index is 0.0713. The zero-order valence-corrected chi connectivity index (χ0v) is 10.5. The smallest absolute Gasteiger partial charge is 0.240 e. The van der Waals surface area contributed by atoms with Crippen molar-refractivity contribution in [1.29, 1.82) is 0 Å². The predicted molar refractivity (Wildman–Crippen MR) is 62.5 cm³/mol. The maximum absolute atomic E-state index is 5.57. The summed E-state index contributed by atoms with van der Waals surface area (Å²) in [7, 11) is 0. The van der Waals surface area contributed by atoms with Crippen LogP contribution in [0.25, 0.3) is 0 Å². The molecule has 0 spiro atoms. The van der Waals surface area contributed by atoms with Crippen molar-refractivity contribution < 1.29 is 9.26 Å². The van der Waals surface area contributed by atoms with Gasteiger partial charge in [0, 0.05) is 13.1 Å². The summed E-state index contributed by atoms with van der Waals surface area (Å²) in [6.45, 7) is 9.25. The van der Waals surface area contributed by atoms with Crippen LogP contribution in [0, 0.1) is 0 Å². The highest BCUT2D eigenvalue weighted by Crippen LogP contribution is 2.15. The van der Waals surface area contributed by atoms with E-state index in [9.17, 15) is 0 Å². The van der Waals surface area contributed by atoms with Crippen LogP contribution in [0.4, 0.5) is 0 Å². The quantitative estimate of drug-likeness (QED) is 0.812. The number of rotatable bonds is 5. The first-order valence-corrected chi connectivity index (χ1v) is 6.20. The molecule has 2 rings (SSSR count). The molecule has 96 valence electrons. The molecule has 1 fully saturated rings. The third-order valence-corrected chi connectivity index (χ3v) is 2.95. The Balaban J connectivity index is 1.94. The van der Waals surface area contributed by atoms with Gasteiger partial charge in [0.2, 0.25) is 11.7 Å². The third kappa shape index (κ3) is 3.24. The van der Waals surface area contributed by atoms with Gasteiger partial charge >= 0.3 is 0 Å². The average molecular weight is 240 g/mol. The molecule has 6 nitrogen and oxygen atoms in total. The molecule has 0 amide bonds. The molecule has 6 heteroatoms. The summed E-state index contributed by atoms with van der Waals surface area (Å²) in [5, 5.41) is 7.23. The Bertz CT molecular complexity index is 332. The lowest BCUT2D eigenvalue weighted by atomic mass is 10.3. The number of morpholine rings is 1. The Labute approximate surface area is 101 Å². The van der Waals surface area contributed by atoms with Gasteiger partial charge in [0.15, 0.2) is 0 Å². The summed E-state index contributed by atoms with van der Waals surface area (Å²) in [6, 6.07) is 0. The normalized spacial score (nSPS) is 21.0. The van der Waals surface area contributed by atoms with Crippen molar-refractivity contribution in [3.63, 3.8) is 0 Å². The van der Waals surface area contributed by atoms with Crippen LogP contribution in [0.2, 0.25) is 0 Å². The monoisotopic (exact) mass is 240 g/mol. The molecule has 1 N–H and O–H groups in total. The van der Waals surface area contributed by atoms with Crippen molar-refractivity contribution in [2.24, 2.45) is 0 Å². The number of aromatic nitrogens is 2. The molecule has 1 aromatic heterocycles. The van der Waals surface area contributed by atoms with E-state index >= 15 is 0 Å². The summed E-state index contributed by atoms with van der Waals surface area (Å²) in [6.07, 6.45) is -0.0713. The largest absolute Gasteiger partial charge is 0.367 e. The summed E-state index contributed by atoms with van der Waals surface area (Å²) in [5.74, 6) is 1.32. The maximum Gasteiger partial charge on any atom is 0.240 e. The standard InChI is InChI=1S/C11H20N4O2/c1-3-15(4-2)8-10-13-11(14-17-10)9-7-12-5-6-16-9/h9,12H,3-8H2,1-2H3. The van der Waals surface area contributed by atoms with Crippen molar-refractivity contribution in [2.75, 3.05) is 32.8 Å². The van der Waals surface area contributed by atoms with E-state index in [2.05, 4.69) is 34.2 Å². The van der Waals surface area contributed by atoms with Crippen molar-refractivity contribution >= 4 is 0 Å². The first-order valence-electron chi connectivity index (χ1n) is 6.20. The van der Waals surface area contributed by atoms with Crippen LogP contribution in [0.3, 0.4) is 0 Å². The fourth-order valence-corrected chi connectivity index (χ4v) is 1.83. The van der Waals surface area contributed by atoms with Crippen LogP contribution < -0.4 is 5.32 Å². The van der Waals surface area contributed by atoms with E-state index in [-0.39, 0.29) is 6.10 Å². The first kappa shape index (κ1) is 12.5. The maximum atomic E-state index is 5.57. The molecule has 1 aliphatic heterocycles. The number of ether oxygens (including phenoxy) is 1. The highest BCUT2D eigenvalue weighted by molar-refractivity contribution is 4.93. The van der Waals surface area contributed by atoms with Gasteiger partial charge in [-0.05, 0) is 13.1 Å². The number of nitrogens with zero attached hydrogens (tertiary/aromatic N) is 3. The van der Waals surface area contributed by atoms with Gasteiger partial charge in [-0.15, -0.1) is 0 Å². The van der Waals surface area contributed by atoms with Gasteiger partial charge in [0.05, 0.1) is 13.2 Å². The van der Waals surface area contributed by atoms with Crippen molar-refractivity contribution in [3.05, 3.63) is 11.7 Å². The lowest BCUT2D eigenvalue weighted by Gasteiger charge is -2.20. The molecule has 1 aromatic rings. The van der Waals surface area contributed by atoms with Gasteiger partial charge in [-0.25, -0.2) is 0 Å². The molecule has 0 aromatic carbocycles. The summed E-state index contributed by atoms with van der Waals surface area (Å²) >= 11 is 0. The third-order valence-electron chi connectivity index (χ3n) is 2.95. The van der Waals surface area contributed by atoms with Crippen LogP contribution in [-0.4, -0.2) is 47.8 Å². The van der Waals surface area contributed by atoms with Gasteiger partial charge < -0.3 is 14.6 Å². The molecular weight excluding hydrogens is 220 g/mol. The van der Waals surface area contributed by atoms with E-state index in [1.165, 1.54) is 0 Å². The molecular formula is C11H20N4O2. The first-order chi connectivity index (χ1) is 8.33. The molecule has 0 bridgehead atoms. The minimum atomic E-state index is -0.0713. The van der Waals surface area contributed by atoms with Crippen molar-refractivity contribution in [1.82, 2.24) is 20.4 Å². The van der Waals surface area contributed by atoms with Crippen LogP contribution in [-0.2, 0) is 11.3 Å². The van der Waals surface area contributed by atoms with Crippen molar-refractivity contribution in [3.8, 4) is 0 Å². The summed E-state index contributed by atoms with van der Waals surface area (Å²) in [5.41, 5.74) is 0. The van der Waals surface area contributed by atoms with Crippen LogP contribution in [0.5, 0.6) is 0 Å². The Morgan fingerprint density at radius 3 is 2.88 bits per heavy atom. The Morgan fingerprint density at radius 1 is 1.41 bits per heavy atom.